The first-order valence-electron chi connectivity index (χ1n) is 5.72. The van der Waals surface area contributed by atoms with Crippen molar-refractivity contribution < 1.29 is 5.11 Å². The van der Waals surface area contributed by atoms with Crippen molar-refractivity contribution in [1.29, 1.82) is 0 Å². The SMILES string of the molecule is CCNc1ncc(Br)c(NC(C)C(C)CO)n1. The Kier molecular flexibility index (Phi) is 5.64. The standard InChI is InChI=1S/C11H19BrN4O/c1-4-13-11-14-5-9(12)10(16-11)15-8(3)7(2)6-17/h5,7-8,17H,4,6H2,1-3H3,(H2,13,14,15,16). The van der Waals surface area contributed by atoms with Gasteiger partial charge in [0, 0.05) is 25.4 Å². The predicted octanol–water partition coefficient (Wildman–Crippen LogP) is 2.10. The average molecular weight is 303 g/mol. The maximum absolute atomic E-state index is 9.09. The molecule has 0 aromatic carbocycles. The first kappa shape index (κ1) is 14.2. The van der Waals surface area contributed by atoms with Crippen LogP contribution in [0.2, 0.25) is 0 Å². The molecular formula is C11H19BrN4O. The second-order valence-electron chi connectivity index (χ2n) is 4.01. The number of halogens is 1. The minimum atomic E-state index is 0.140. The van der Waals surface area contributed by atoms with Gasteiger partial charge in [-0.3, -0.25) is 0 Å². The monoisotopic (exact) mass is 302 g/mol. The number of aliphatic hydroxyl groups is 1. The molecule has 17 heavy (non-hydrogen) atoms. The van der Waals surface area contributed by atoms with E-state index < -0.39 is 0 Å². The smallest absolute Gasteiger partial charge is 0.224 e. The van der Waals surface area contributed by atoms with Gasteiger partial charge in [0.15, 0.2) is 0 Å². The summed E-state index contributed by atoms with van der Waals surface area (Å²) in [5.74, 6) is 1.50. The van der Waals surface area contributed by atoms with E-state index in [2.05, 4.69) is 36.5 Å². The number of hydrogen-bond acceptors (Lipinski definition) is 5. The van der Waals surface area contributed by atoms with E-state index in [1.165, 1.54) is 0 Å². The molecule has 0 radical (unpaired) electrons. The molecule has 2 unspecified atom stereocenters. The van der Waals surface area contributed by atoms with Gasteiger partial charge < -0.3 is 15.7 Å². The molecule has 5 nitrogen and oxygen atoms in total. The molecule has 0 spiro atoms. The summed E-state index contributed by atoms with van der Waals surface area (Å²) in [6, 6.07) is 0.140. The quantitative estimate of drug-likeness (QED) is 0.751. The van der Waals surface area contributed by atoms with Gasteiger partial charge in [-0.15, -0.1) is 0 Å². The fourth-order valence-electron chi connectivity index (χ4n) is 1.23. The number of aliphatic hydroxyl groups excluding tert-OH is 1. The fourth-order valence-corrected chi connectivity index (χ4v) is 1.53. The van der Waals surface area contributed by atoms with Gasteiger partial charge in [-0.25, -0.2) is 4.98 Å². The Balaban J connectivity index is 2.78. The Morgan fingerprint density at radius 3 is 2.76 bits per heavy atom. The zero-order valence-electron chi connectivity index (χ0n) is 10.4. The maximum atomic E-state index is 9.09. The molecule has 1 aromatic heterocycles. The number of hydrogen-bond donors (Lipinski definition) is 3. The van der Waals surface area contributed by atoms with Crippen molar-refractivity contribution in [2.45, 2.75) is 26.8 Å². The zero-order valence-corrected chi connectivity index (χ0v) is 12.0. The van der Waals surface area contributed by atoms with E-state index in [1.807, 2.05) is 20.8 Å². The van der Waals surface area contributed by atoms with E-state index in [1.54, 1.807) is 6.20 Å². The minimum Gasteiger partial charge on any atom is -0.396 e. The third kappa shape index (κ3) is 4.12. The number of rotatable bonds is 6. The van der Waals surface area contributed by atoms with Crippen LogP contribution >= 0.6 is 15.9 Å². The Morgan fingerprint density at radius 2 is 2.18 bits per heavy atom. The molecule has 0 fully saturated rings. The van der Waals surface area contributed by atoms with Gasteiger partial charge in [0.05, 0.1) is 4.47 Å². The first-order valence-corrected chi connectivity index (χ1v) is 6.51. The van der Waals surface area contributed by atoms with Crippen LogP contribution in [0.25, 0.3) is 0 Å². The van der Waals surface area contributed by atoms with Crippen LogP contribution in [-0.4, -0.2) is 34.3 Å². The largest absolute Gasteiger partial charge is 0.396 e. The highest BCUT2D eigenvalue weighted by Gasteiger charge is 2.13. The Labute approximate surface area is 110 Å². The van der Waals surface area contributed by atoms with Crippen LogP contribution in [-0.2, 0) is 0 Å². The molecule has 1 heterocycles. The van der Waals surface area contributed by atoms with Gasteiger partial charge in [-0.1, -0.05) is 6.92 Å². The van der Waals surface area contributed by atoms with Crippen molar-refractivity contribution in [3.05, 3.63) is 10.7 Å². The molecule has 3 N–H and O–H groups in total. The lowest BCUT2D eigenvalue weighted by atomic mass is 10.1. The van der Waals surface area contributed by atoms with Crippen LogP contribution in [0.4, 0.5) is 11.8 Å². The first-order chi connectivity index (χ1) is 8.08. The highest BCUT2D eigenvalue weighted by atomic mass is 79.9. The summed E-state index contributed by atoms with van der Waals surface area (Å²) in [7, 11) is 0. The molecule has 1 aromatic rings. The number of nitrogens with one attached hydrogen (secondary N) is 2. The Morgan fingerprint density at radius 1 is 1.47 bits per heavy atom. The molecule has 1 rings (SSSR count). The van der Waals surface area contributed by atoms with Crippen LogP contribution in [0.15, 0.2) is 10.7 Å². The normalized spacial score (nSPS) is 14.2. The van der Waals surface area contributed by atoms with Gasteiger partial charge in [-0.05, 0) is 35.7 Å². The summed E-state index contributed by atoms with van der Waals surface area (Å²) in [5, 5.41) is 15.4. The molecule has 0 saturated carbocycles. The third-order valence-corrected chi connectivity index (χ3v) is 3.17. The van der Waals surface area contributed by atoms with Gasteiger partial charge in [0.25, 0.3) is 0 Å². The van der Waals surface area contributed by atoms with E-state index in [4.69, 9.17) is 5.11 Å². The Hall–Kier alpha value is -0.880. The van der Waals surface area contributed by atoms with E-state index in [0.717, 1.165) is 16.8 Å². The topological polar surface area (TPSA) is 70.1 Å². The zero-order chi connectivity index (χ0) is 12.8. The molecule has 0 aliphatic rings. The summed E-state index contributed by atoms with van der Waals surface area (Å²) >= 11 is 3.40. The molecular weight excluding hydrogens is 284 g/mol. The van der Waals surface area contributed by atoms with Gasteiger partial charge in [-0.2, -0.15) is 4.98 Å². The van der Waals surface area contributed by atoms with E-state index in [-0.39, 0.29) is 18.6 Å². The van der Waals surface area contributed by atoms with Crippen molar-refractivity contribution in [3.8, 4) is 0 Å². The number of aromatic nitrogens is 2. The van der Waals surface area contributed by atoms with Crippen LogP contribution in [0, 0.1) is 5.92 Å². The van der Waals surface area contributed by atoms with Gasteiger partial charge in [0.2, 0.25) is 5.95 Å². The highest BCUT2D eigenvalue weighted by molar-refractivity contribution is 9.10. The average Bonchev–Trinajstić information content (AvgIpc) is 2.32. The van der Waals surface area contributed by atoms with Gasteiger partial charge >= 0.3 is 0 Å². The van der Waals surface area contributed by atoms with E-state index >= 15 is 0 Å². The van der Waals surface area contributed by atoms with Crippen LogP contribution in [0.3, 0.4) is 0 Å². The number of nitrogens with zero attached hydrogens (tertiary/aromatic N) is 2. The van der Waals surface area contributed by atoms with E-state index in [9.17, 15) is 0 Å². The summed E-state index contributed by atoms with van der Waals surface area (Å²) < 4.78 is 0.816. The van der Waals surface area contributed by atoms with Crippen molar-refractivity contribution in [1.82, 2.24) is 9.97 Å². The van der Waals surface area contributed by atoms with Crippen molar-refractivity contribution in [2.75, 3.05) is 23.8 Å². The van der Waals surface area contributed by atoms with E-state index in [0.29, 0.717) is 5.95 Å². The highest BCUT2D eigenvalue weighted by Crippen LogP contribution is 2.22. The lowest BCUT2D eigenvalue weighted by Gasteiger charge is -2.20. The van der Waals surface area contributed by atoms with Crippen LogP contribution in [0.1, 0.15) is 20.8 Å². The summed E-state index contributed by atoms with van der Waals surface area (Å²) in [6.45, 7) is 6.93. The molecule has 0 aliphatic heterocycles. The van der Waals surface area contributed by atoms with Crippen molar-refractivity contribution >= 4 is 27.7 Å². The number of anilines is 2. The minimum absolute atomic E-state index is 0.140. The van der Waals surface area contributed by atoms with Gasteiger partial charge in [0.1, 0.15) is 5.82 Å². The van der Waals surface area contributed by atoms with Crippen LogP contribution in [0.5, 0.6) is 0 Å². The second kappa shape index (κ2) is 6.76. The second-order valence-corrected chi connectivity index (χ2v) is 4.87. The summed E-state index contributed by atoms with van der Waals surface area (Å²) in [5.41, 5.74) is 0. The Bertz CT molecular complexity index is 361. The predicted molar refractivity (Wildman–Crippen MR) is 73.2 cm³/mol. The van der Waals surface area contributed by atoms with Crippen molar-refractivity contribution in [2.24, 2.45) is 5.92 Å². The van der Waals surface area contributed by atoms with Crippen LogP contribution < -0.4 is 10.6 Å². The fraction of sp³-hybridized carbons (Fsp3) is 0.636. The molecule has 96 valence electrons. The summed E-state index contributed by atoms with van der Waals surface area (Å²) in [4.78, 5) is 8.50. The third-order valence-electron chi connectivity index (χ3n) is 2.58. The summed E-state index contributed by atoms with van der Waals surface area (Å²) in [6.07, 6.45) is 1.71. The molecule has 6 heteroatoms. The molecule has 2 atom stereocenters. The molecule has 0 bridgehead atoms. The molecule has 0 amide bonds. The lowest BCUT2D eigenvalue weighted by molar-refractivity contribution is 0.226. The molecule has 0 saturated heterocycles. The lowest BCUT2D eigenvalue weighted by Crippen LogP contribution is -2.27. The maximum Gasteiger partial charge on any atom is 0.224 e. The molecule has 0 aliphatic carbocycles. The van der Waals surface area contributed by atoms with Crippen molar-refractivity contribution in [3.63, 3.8) is 0 Å².